The molecule has 1 N–H and O–H groups in total. The predicted molar refractivity (Wildman–Crippen MR) is 82.9 cm³/mol. The molecule has 2 aromatic rings. The van der Waals surface area contributed by atoms with Crippen LogP contribution in [0.4, 0.5) is 0 Å². The maximum absolute atomic E-state index is 12.2. The van der Waals surface area contributed by atoms with Crippen LogP contribution < -0.4 is 5.32 Å². The molecule has 1 aromatic heterocycles. The average molecular weight is 307 g/mol. The van der Waals surface area contributed by atoms with Crippen molar-refractivity contribution in [3.05, 3.63) is 48.8 Å². The van der Waals surface area contributed by atoms with Gasteiger partial charge in [-0.15, -0.1) is 0 Å². The number of rotatable bonds is 7. The average Bonchev–Trinajstić information content (AvgIpc) is 3.01. The van der Waals surface area contributed by atoms with E-state index in [2.05, 4.69) is 17.3 Å². The highest BCUT2D eigenvalue weighted by molar-refractivity contribution is 7.91. The molecule has 0 aliphatic carbocycles. The van der Waals surface area contributed by atoms with Gasteiger partial charge < -0.3 is 5.32 Å². The summed E-state index contributed by atoms with van der Waals surface area (Å²) < 4.78 is 26.2. The third-order valence-corrected chi connectivity index (χ3v) is 5.34. The lowest BCUT2D eigenvalue weighted by Gasteiger charge is -2.21. The van der Waals surface area contributed by atoms with E-state index in [4.69, 9.17) is 0 Å². The summed E-state index contributed by atoms with van der Waals surface area (Å²) in [6, 6.07) is 10.7. The van der Waals surface area contributed by atoms with E-state index >= 15 is 0 Å². The number of nitrogens with zero attached hydrogens (tertiary/aromatic N) is 2. The van der Waals surface area contributed by atoms with E-state index in [-0.39, 0.29) is 17.8 Å². The van der Waals surface area contributed by atoms with Crippen LogP contribution >= 0.6 is 0 Å². The maximum Gasteiger partial charge on any atom is 0.179 e. The van der Waals surface area contributed by atoms with Crippen LogP contribution in [-0.2, 0) is 9.84 Å². The van der Waals surface area contributed by atoms with Gasteiger partial charge >= 0.3 is 0 Å². The van der Waals surface area contributed by atoms with E-state index in [1.54, 1.807) is 30.5 Å². The van der Waals surface area contributed by atoms with Crippen molar-refractivity contribution in [3.8, 4) is 0 Å². The first kappa shape index (κ1) is 15.7. The molecule has 0 amide bonds. The monoisotopic (exact) mass is 307 g/mol. The minimum absolute atomic E-state index is 0.0905. The van der Waals surface area contributed by atoms with Crippen LogP contribution in [0.3, 0.4) is 0 Å². The molecule has 21 heavy (non-hydrogen) atoms. The molecule has 2 rings (SSSR count). The minimum Gasteiger partial charge on any atom is -0.311 e. The van der Waals surface area contributed by atoms with Gasteiger partial charge in [-0.1, -0.05) is 18.2 Å². The third-order valence-electron chi connectivity index (χ3n) is 3.61. The number of hydrogen-bond donors (Lipinski definition) is 1. The molecule has 0 spiro atoms. The Morgan fingerprint density at radius 1 is 1.19 bits per heavy atom. The number of benzene rings is 1. The minimum atomic E-state index is -3.22. The van der Waals surface area contributed by atoms with E-state index in [0.29, 0.717) is 11.4 Å². The summed E-state index contributed by atoms with van der Waals surface area (Å²) in [6.07, 6.45) is 3.65. The molecule has 5 nitrogen and oxygen atoms in total. The van der Waals surface area contributed by atoms with Gasteiger partial charge in [-0.25, -0.2) is 8.42 Å². The maximum atomic E-state index is 12.2. The van der Waals surface area contributed by atoms with E-state index in [0.717, 1.165) is 0 Å². The molecule has 0 saturated carbocycles. The van der Waals surface area contributed by atoms with Gasteiger partial charge in [0.2, 0.25) is 0 Å². The van der Waals surface area contributed by atoms with Crippen LogP contribution in [0.5, 0.6) is 0 Å². The summed E-state index contributed by atoms with van der Waals surface area (Å²) in [5.41, 5.74) is 0. The first-order valence-electron chi connectivity index (χ1n) is 7.01. The van der Waals surface area contributed by atoms with Crippen molar-refractivity contribution in [1.29, 1.82) is 0 Å². The Morgan fingerprint density at radius 2 is 1.90 bits per heavy atom. The molecule has 0 saturated heterocycles. The molecule has 0 fully saturated rings. The lowest BCUT2D eigenvalue weighted by Crippen LogP contribution is -2.36. The lowest BCUT2D eigenvalue weighted by atomic mass is 10.2. The molecule has 0 unspecified atom stereocenters. The highest BCUT2D eigenvalue weighted by Gasteiger charge is 2.17. The molecule has 6 heteroatoms. The van der Waals surface area contributed by atoms with Crippen molar-refractivity contribution in [3.63, 3.8) is 0 Å². The summed E-state index contributed by atoms with van der Waals surface area (Å²) >= 11 is 0. The second kappa shape index (κ2) is 6.87. The number of hydrogen-bond acceptors (Lipinski definition) is 4. The lowest BCUT2D eigenvalue weighted by molar-refractivity contribution is 0.372. The largest absolute Gasteiger partial charge is 0.311 e. The molecule has 0 bridgehead atoms. The van der Waals surface area contributed by atoms with Gasteiger partial charge in [0.05, 0.1) is 16.7 Å². The summed E-state index contributed by atoms with van der Waals surface area (Å²) in [5, 5.41) is 7.46. The van der Waals surface area contributed by atoms with Crippen LogP contribution in [0.15, 0.2) is 53.7 Å². The molecular formula is C15H21N3O2S. The first-order valence-corrected chi connectivity index (χ1v) is 8.66. The normalized spacial score (nSPS) is 14.8. The van der Waals surface area contributed by atoms with Crippen molar-refractivity contribution in [2.75, 3.05) is 12.3 Å². The Kier molecular flexibility index (Phi) is 5.14. The van der Waals surface area contributed by atoms with Gasteiger partial charge in [-0.05, 0) is 32.0 Å². The Balaban J connectivity index is 1.87. The predicted octanol–water partition coefficient (Wildman–Crippen LogP) is 1.90. The fourth-order valence-electron chi connectivity index (χ4n) is 2.09. The van der Waals surface area contributed by atoms with Gasteiger partial charge in [-0.3, -0.25) is 4.68 Å². The first-order chi connectivity index (χ1) is 10.0. The van der Waals surface area contributed by atoms with Crippen molar-refractivity contribution in [2.45, 2.75) is 30.8 Å². The molecule has 0 radical (unpaired) electrons. The summed E-state index contributed by atoms with van der Waals surface area (Å²) in [4.78, 5) is 0.375. The topological polar surface area (TPSA) is 64.0 Å². The van der Waals surface area contributed by atoms with E-state index < -0.39 is 9.84 Å². The quantitative estimate of drug-likeness (QED) is 0.848. The smallest absolute Gasteiger partial charge is 0.179 e. The zero-order chi connectivity index (χ0) is 15.3. The van der Waals surface area contributed by atoms with E-state index in [1.165, 1.54) is 0 Å². The van der Waals surface area contributed by atoms with Crippen LogP contribution in [0.25, 0.3) is 0 Å². The van der Waals surface area contributed by atoms with Crippen LogP contribution in [-0.4, -0.2) is 36.5 Å². The zero-order valence-electron chi connectivity index (χ0n) is 12.3. The van der Waals surface area contributed by atoms with Crippen LogP contribution in [0.1, 0.15) is 19.9 Å². The van der Waals surface area contributed by atoms with Crippen molar-refractivity contribution in [2.24, 2.45) is 0 Å². The Hall–Kier alpha value is -1.66. The molecular weight excluding hydrogens is 286 g/mol. The SMILES string of the molecule is C[C@H](NCCS(=O)(=O)c1ccccc1)[C@H](C)n1cccn1. The zero-order valence-corrected chi connectivity index (χ0v) is 13.1. The molecule has 114 valence electrons. The number of nitrogens with one attached hydrogen (secondary N) is 1. The third kappa shape index (κ3) is 4.15. The Morgan fingerprint density at radius 3 is 2.52 bits per heavy atom. The molecule has 0 aliphatic heterocycles. The molecule has 1 aromatic carbocycles. The summed E-state index contributed by atoms with van der Waals surface area (Å²) in [6.45, 7) is 4.50. The standard InChI is InChI=1S/C15H21N3O2S/c1-13(14(2)18-11-6-9-17-18)16-10-12-21(19,20)15-7-4-3-5-8-15/h3-9,11,13-14,16H,10,12H2,1-2H3/t13-,14-/m0/s1. The van der Waals surface area contributed by atoms with E-state index in [1.807, 2.05) is 29.9 Å². The Labute approximate surface area is 125 Å². The number of sulfone groups is 1. The fourth-order valence-corrected chi connectivity index (χ4v) is 3.28. The molecule has 1 heterocycles. The van der Waals surface area contributed by atoms with Crippen LogP contribution in [0, 0.1) is 0 Å². The molecule has 0 aliphatic rings. The second-order valence-corrected chi connectivity index (χ2v) is 7.21. The van der Waals surface area contributed by atoms with Crippen LogP contribution in [0.2, 0.25) is 0 Å². The Bertz CT molecular complexity index is 639. The van der Waals surface area contributed by atoms with Crippen molar-refractivity contribution >= 4 is 9.84 Å². The van der Waals surface area contributed by atoms with Gasteiger partial charge in [0.15, 0.2) is 9.84 Å². The van der Waals surface area contributed by atoms with Crippen molar-refractivity contribution < 1.29 is 8.42 Å². The van der Waals surface area contributed by atoms with E-state index in [9.17, 15) is 8.42 Å². The summed E-state index contributed by atoms with van der Waals surface area (Å²) in [7, 11) is -3.22. The molecule has 2 atom stereocenters. The highest BCUT2D eigenvalue weighted by Crippen LogP contribution is 2.11. The van der Waals surface area contributed by atoms with Gasteiger partial charge in [0, 0.05) is 25.0 Å². The number of aromatic nitrogens is 2. The fraction of sp³-hybridized carbons (Fsp3) is 0.400. The van der Waals surface area contributed by atoms with Gasteiger partial charge in [0.1, 0.15) is 0 Å². The van der Waals surface area contributed by atoms with Crippen molar-refractivity contribution in [1.82, 2.24) is 15.1 Å². The second-order valence-electron chi connectivity index (χ2n) is 5.10. The van der Waals surface area contributed by atoms with Gasteiger partial charge in [0.25, 0.3) is 0 Å². The summed E-state index contributed by atoms with van der Waals surface area (Å²) in [5.74, 6) is 0.0905. The highest BCUT2D eigenvalue weighted by atomic mass is 32.2. The van der Waals surface area contributed by atoms with Gasteiger partial charge in [-0.2, -0.15) is 5.10 Å².